The zero-order chi connectivity index (χ0) is 20.7. The van der Waals surface area contributed by atoms with Crippen molar-refractivity contribution in [2.75, 3.05) is 30.0 Å². The van der Waals surface area contributed by atoms with Crippen LogP contribution in [0.25, 0.3) is 0 Å². The molecule has 1 heterocycles. The summed E-state index contributed by atoms with van der Waals surface area (Å²) in [6.45, 7) is 3.33. The molecule has 0 saturated carbocycles. The number of thioether (sulfide) groups is 1. The Morgan fingerprint density at radius 2 is 2.00 bits per heavy atom. The van der Waals surface area contributed by atoms with Crippen LogP contribution in [0.1, 0.15) is 12.7 Å². The van der Waals surface area contributed by atoms with E-state index >= 15 is 0 Å². The lowest BCUT2D eigenvalue weighted by atomic mass is 10.3. The predicted molar refractivity (Wildman–Crippen MR) is 112 cm³/mol. The molecule has 0 saturated heterocycles. The van der Waals surface area contributed by atoms with Gasteiger partial charge in [0.1, 0.15) is 5.76 Å². The van der Waals surface area contributed by atoms with Crippen molar-refractivity contribution in [2.24, 2.45) is 0 Å². The predicted octanol–water partition coefficient (Wildman–Crippen LogP) is 2.90. The Hall–Kier alpha value is -2.33. The maximum atomic E-state index is 12.2. The second-order valence-corrected chi connectivity index (χ2v) is 8.23. The monoisotopic (exact) mass is 468 g/mol. The molecule has 150 valence electrons. The summed E-state index contributed by atoms with van der Waals surface area (Å²) in [5, 5.41) is 8.59. The molecule has 0 aliphatic rings. The summed E-state index contributed by atoms with van der Waals surface area (Å²) in [6.07, 6.45) is 0. The van der Waals surface area contributed by atoms with Crippen molar-refractivity contribution in [2.45, 2.75) is 19.1 Å². The fraction of sp³-hybridized carbons (Fsp3) is 0.333. The molecule has 8 nitrogen and oxygen atoms in total. The molecule has 3 amide bonds. The largest absolute Gasteiger partial charge is 0.360 e. The van der Waals surface area contributed by atoms with Gasteiger partial charge in [-0.05, 0) is 41.9 Å². The standard InChI is InChI=1S/C18H21BrN4O4S/c1-11-8-15(22-27-11)21-18(26)12(2)28-10-17(25)23(3)9-16(24)20-14-7-5-4-6-13(14)19/h4-8,12H,9-10H2,1-3H3,(H,20,24)(H,21,22,26)/t12-/m0/s1. The highest BCUT2D eigenvalue weighted by Crippen LogP contribution is 2.21. The van der Waals surface area contributed by atoms with E-state index in [0.29, 0.717) is 17.3 Å². The number of rotatable bonds is 8. The second-order valence-electron chi connectivity index (χ2n) is 6.04. The van der Waals surface area contributed by atoms with Crippen molar-refractivity contribution in [3.63, 3.8) is 0 Å². The van der Waals surface area contributed by atoms with E-state index in [2.05, 4.69) is 31.7 Å². The van der Waals surface area contributed by atoms with E-state index in [1.54, 1.807) is 39.1 Å². The number of carbonyl (C=O) groups is 3. The lowest BCUT2D eigenvalue weighted by Crippen LogP contribution is -2.36. The van der Waals surface area contributed by atoms with Crippen molar-refractivity contribution in [3.8, 4) is 0 Å². The number of halogens is 1. The van der Waals surface area contributed by atoms with Gasteiger partial charge in [0, 0.05) is 17.6 Å². The maximum Gasteiger partial charge on any atom is 0.244 e. The van der Waals surface area contributed by atoms with Gasteiger partial charge in [0.05, 0.1) is 23.2 Å². The zero-order valence-electron chi connectivity index (χ0n) is 15.7. The molecule has 0 aliphatic carbocycles. The number of benzene rings is 1. The van der Waals surface area contributed by atoms with Crippen LogP contribution in [0.2, 0.25) is 0 Å². The summed E-state index contributed by atoms with van der Waals surface area (Å²) in [6, 6.07) is 8.83. The highest BCUT2D eigenvalue weighted by molar-refractivity contribution is 9.10. The number of nitrogens with one attached hydrogen (secondary N) is 2. The summed E-state index contributed by atoms with van der Waals surface area (Å²) in [5.41, 5.74) is 0.635. The first-order valence-electron chi connectivity index (χ1n) is 8.40. The number of hydrogen-bond donors (Lipinski definition) is 2. The molecule has 0 aliphatic heterocycles. The number of aryl methyl sites for hydroxylation is 1. The fourth-order valence-electron chi connectivity index (χ4n) is 2.09. The molecule has 28 heavy (non-hydrogen) atoms. The van der Waals surface area contributed by atoms with Crippen LogP contribution >= 0.6 is 27.7 Å². The van der Waals surface area contributed by atoms with Gasteiger partial charge in [-0.15, -0.1) is 11.8 Å². The molecular formula is C18H21BrN4O4S. The Kier molecular flexibility index (Phi) is 8.06. The van der Waals surface area contributed by atoms with Crippen molar-refractivity contribution < 1.29 is 18.9 Å². The van der Waals surface area contributed by atoms with Gasteiger partial charge in [0.25, 0.3) is 0 Å². The molecule has 0 unspecified atom stereocenters. The molecule has 2 N–H and O–H groups in total. The number of carbonyl (C=O) groups excluding carboxylic acids is 3. The summed E-state index contributed by atoms with van der Waals surface area (Å²) in [4.78, 5) is 37.8. The summed E-state index contributed by atoms with van der Waals surface area (Å²) in [7, 11) is 1.55. The summed E-state index contributed by atoms with van der Waals surface area (Å²) < 4.78 is 5.65. The Balaban J connectivity index is 1.76. The minimum Gasteiger partial charge on any atom is -0.360 e. The van der Waals surface area contributed by atoms with Gasteiger partial charge in [-0.2, -0.15) is 0 Å². The van der Waals surface area contributed by atoms with Crippen LogP contribution in [0, 0.1) is 6.92 Å². The van der Waals surface area contributed by atoms with Crippen molar-refractivity contribution >= 4 is 56.9 Å². The third-order valence-corrected chi connectivity index (χ3v) is 5.48. The molecule has 0 spiro atoms. The number of nitrogens with zero attached hydrogens (tertiary/aromatic N) is 2. The molecule has 2 rings (SSSR count). The first kappa shape index (κ1) is 22.0. The Morgan fingerprint density at radius 3 is 2.64 bits per heavy atom. The average Bonchev–Trinajstić information content (AvgIpc) is 3.05. The van der Waals surface area contributed by atoms with Gasteiger partial charge in [0.15, 0.2) is 5.82 Å². The van der Waals surface area contributed by atoms with E-state index in [4.69, 9.17) is 4.52 Å². The number of hydrogen-bond acceptors (Lipinski definition) is 6. The van der Waals surface area contributed by atoms with Crippen molar-refractivity contribution in [1.82, 2.24) is 10.1 Å². The molecule has 0 radical (unpaired) electrons. The normalized spacial score (nSPS) is 11.6. The first-order chi connectivity index (χ1) is 13.3. The fourth-order valence-corrected chi connectivity index (χ4v) is 3.30. The Bertz CT molecular complexity index is 858. The highest BCUT2D eigenvalue weighted by atomic mass is 79.9. The van der Waals surface area contributed by atoms with Crippen molar-refractivity contribution in [1.29, 1.82) is 0 Å². The van der Waals surface area contributed by atoms with Crippen LogP contribution in [0.5, 0.6) is 0 Å². The van der Waals surface area contributed by atoms with E-state index < -0.39 is 5.25 Å². The number of aromatic nitrogens is 1. The molecule has 1 aromatic heterocycles. The highest BCUT2D eigenvalue weighted by Gasteiger charge is 2.19. The SMILES string of the molecule is Cc1cc(NC(=O)[C@H](C)SCC(=O)N(C)CC(=O)Nc2ccccc2Br)no1. The maximum absolute atomic E-state index is 12.2. The van der Waals surface area contributed by atoms with Gasteiger partial charge in [0.2, 0.25) is 17.7 Å². The number of amides is 3. The third kappa shape index (κ3) is 6.68. The van der Waals surface area contributed by atoms with Crippen LogP contribution in [-0.2, 0) is 14.4 Å². The third-order valence-electron chi connectivity index (χ3n) is 3.66. The quantitative estimate of drug-likeness (QED) is 0.616. The van der Waals surface area contributed by atoms with Crippen LogP contribution in [-0.4, -0.2) is 52.4 Å². The van der Waals surface area contributed by atoms with Crippen LogP contribution < -0.4 is 10.6 Å². The van der Waals surface area contributed by atoms with Gasteiger partial charge < -0.3 is 20.1 Å². The van der Waals surface area contributed by atoms with E-state index in [-0.39, 0.29) is 30.0 Å². The van der Waals surface area contributed by atoms with E-state index in [1.807, 2.05) is 12.1 Å². The number of para-hydroxylation sites is 1. The second kappa shape index (κ2) is 10.3. The minimum absolute atomic E-state index is 0.0746. The van der Waals surface area contributed by atoms with Crippen LogP contribution in [0.15, 0.2) is 39.3 Å². The minimum atomic E-state index is -0.469. The average molecular weight is 469 g/mol. The smallest absolute Gasteiger partial charge is 0.244 e. The Morgan fingerprint density at radius 1 is 1.29 bits per heavy atom. The van der Waals surface area contributed by atoms with Gasteiger partial charge >= 0.3 is 0 Å². The summed E-state index contributed by atoms with van der Waals surface area (Å²) in [5.74, 6) is 0.172. The molecule has 1 aromatic carbocycles. The molecular weight excluding hydrogens is 448 g/mol. The molecule has 10 heteroatoms. The number of anilines is 2. The molecule has 0 bridgehead atoms. The van der Waals surface area contributed by atoms with Crippen LogP contribution in [0.4, 0.5) is 11.5 Å². The van der Waals surface area contributed by atoms with E-state index in [1.165, 1.54) is 16.7 Å². The first-order valence-corrected chi connectivity index (χ1v) is 10.2. The van der Waals surface area contributed by atoms with E-state index in [9.17, 15) is 14.4 Å². The number of likely N-dealkylation sites (N-methyl/N-ethyl adjacent to an activating group) is 1. The van der Waals surface area contributed by atoms with Crippen LogP contribution in [0.3, 0.4) is 0 Å². The zero-order valence-corrected chi connectivity index (χ0v) is 18.1. The summed E-state index contributed by atoms with van der Waals surface area (Å²) >= 11 is 4.53. The van der Waals surface area contributed by atoms with E-state index in [0.717, 1.165) is 4.47 Å². The lowest BCUT2D eigenvalue weighted by molar-refractivity contribution is -0.131. The molecule has 2 aromatic rings. The van der Waals surface area contributed by atoms with Gasteiger partial charge in [-0.3, -0.25) is 14.4 Å². The van der Waals surface area contributed by atoms with Gasteiger partial charge in [-0.1, -0.05) is 17.3 Å². The lowest BCUT2D eigenvalue weighted by Gasteiger charge is -2.18. The molecule has 0 fully saturated rings. The Labute approximate surface area is 175 Å². The van der Waals surface area contributed by atoms with Gasteiger partial charge in [-0.25, -0.2) is 0 Å². The van der Waals surface area contributed by atoms with Crippen molar-refractivity contribution in [3.05, 3.63) is 40.6 Å². The topological polar surface area (TPSA) is 105 Å². The molecule has 1 atom stereocenters.